The Morgan fingerprint density at radius 1 is 1.19 bits per heavy atom. The first-order chi connectivity index (χ1) is 15.3. The number of anilines is 1. The topological polar surface area (TPSA) is 102 Å². The summed E-state index contributed by atoms with van der Waals surface area (Å²) in [5.74, 6) is -2.10. The Balaban J connectivity index is 1.65. The summed E-state index contributed by atoms with van der Waals surface area (Å²) in [6.45, 7) is 0.670. The Morgan fingerprint density at radius 3 is 2.62 bits per heavy atom. The van der Waals surface area contributed by atoms with Crippen molar-refractivity contribution in [1.29, 1.82) is 0 Å². The number of benzene rings is 1. The zero-order valence-corrected chi connectivity index (χ0v) is 19.1. The van der Waals surface area contributed by atoms with Gasteiger partial charge in [-0.05, 0) is 49.4 Å². The van der Waals surface area contributed by atoms with Crippen LogP contribution in [0.5, 0.6) is 0 Å². The van der Waals surface area contributed by atoms with Gasteiger partial charge < -0.3 is 14.8 Å². The lowest BCUT2D eigenvalue weighted by atomic mass is 9.95. The lowest BCUT2D eigenvalue weighted by molar-refractivity contribution is 0.0601. The summed E-state index contributed by atoms with van der Waals surface area (Å²) in [5.41, 5.74) is 1.20. The first kappa shape index (κ1) is 22.8. The van der Waals surface area contributed by atoms with E-state index in [2.05, 4.69) is 5.32 Å². The average molecular weight is 483 g/mol. The lowest BCUT2D eigenvalue weighted by Crippen LogP contribution is -2.41. The number of rotatable bonds is 5. The number of carbonyl (C=O) groups excluding carboxylic acids is 2. The summed E-state index contributed by atoms with van der Waals surface area (Å²) in [5, 5.41) is 3.06. The molecule has 1 aliphatic carbocycles. The molecule has 2 heterocycles. The van der Waals surface area contributed by atoms with Crippen LogP contribution in [0.15, 0.2) is 23.1 Å². The molecular formula is C21H23FN2O6S2. The van der Waals surface area contributed by atoms with E-state index >= 15 is 0 Å². The molecule has 1 aromatic heterocycles. The third-order valence-electron chi connectivity index (χ3n) is 5.57. The zero-order chi connectivity index (χ0) is 22.9. The smallest absolute Gasteiger partial charge is 0.341 e. The molecule has 0 radical (unpaired) electrons. The number of methoxy groups -OCH3 is 1. The number of nitrogens with one attached hydrogen (secondary N) is 1. The second-order valence-electron chi connectivity index (χ2n) is 7.52. The summed E-state index contributed by atoms with van der Waals surface area (Å²) in [6, 6.07) is 3.21. The van der Waals surface area contributed by atoms with Crippen LogP contribution in [-0.2, 0) is 32.3 Å². The van der Waals surface area contributed by atoms with E-state index in [1.54, 1.807) is 0 Å². The van der Waals surface area contributed by atoms with Crippen molar-refractivity contribution in [3.05, 3.63) is 45.6 Å². The predicted octanol–water partition coefficient (Wildman–Crippen LogP) is 2.83. The first-order valence-corrected chi connectivity index (χ1v) is 12.5. The molecule has 11 heteroatoms. The number of fused-ring (bicyclic) bond motifs is 1. The third kappa shape index (κ3) is 4.29. The Labute approximate surface area is 189 Å². The minimum absolute atomic E-state index is 0.0274. The number of hydrogen-bond donors (Lipinski definition) is 1. The molecule has 1 aromatic carbocycles. The molecule has 1 fully saturated rings. The minimum atomic E-state index is -4.12. The molecule has 4 rings (SSSR count). The number of morpholine rings is 1. The number of halogens is 1. The SMILES string of the molecule is COC(=O)c1c(NC(=O)c2ccc(F)c(S(=O)(=O)N3CCOCC3)c2)sc2c1CCCC2. The van der Waals surface area contributed by atoms with Gasteiger partial charge in [-0.25, -0.2) is 17.6 Å². The van der Waals surface area contributed by atoms with Gasteiger partial charge in [0.15, 0.2) is 0 Å². The molecule has 0 spiro atoms. The van der Waals surface area contributed by atoms with Crippen molar-refractivity contribution in [2.45, 2.75) is 30.6 Å². The van der Waals surface area contributed by atoms with Crippen molar-refractivity contribution in [3.8, 4) is 0 Å². The molecule has 172 valence electrons. The molecule has 32 heavy (non-hydrogen) atoms. The summed E-state index contributed by atoms with van der Waals surface area (Å²) in [6.07, 6.45) is 3.49. The molecule has 1 aliphatic heterocycles. The van der Waals surface area contributed by atoms with E-state index in [1.807, 2.05) is 0 Å². The van der Waals surface area contributed by atoms with Crippen LogP contribution < -0.4 is 5.32 Å². The monoisotopic (exact) mass is 482 g/mol. The fourth-order valence-corrected chi connectivity index (χ4v) is 6.69. The molecule has 0 atom stereocenters. The molecule has 2 aliphatic rings. The van der Waals surface area contributed by atoms with Crippen LogP contribution in [0.25, 0.3) is 0 Å². The number of aryl methyl sites for hydroxylation is 1. The van der Waals surface area contributed by atoms with Crippen LogP contribution in [0.4, 0.5) is 9.39 Å². The molecular weight excluding hydrogens is 459 g/mol. The van der Waals surface area contributed by atoms with Gasteiger partial charge in [-0.1, -0.05) is 0 Å². The van der Waals surface area contributed by atoms with E-state index in [0.29, 0.717) is 10.6 Å². The molecule has 8 nitrogen and oxygen atoms in total. The second-order valence-corrected chi connectivity index (χ2v) is 10.5. The first-order valence-electron chi connectivity index (χ1n) is 10.2. The fourth-order valence-electron chi connectivity index (χ4n) is 3.92. The maximum absolute atomic E-state index is 14.5. The summed E-state index contributed by atoms with van der Waals surface area (Å²) < 4.78 is 51.5. The van der Waals surface area contributed by atoms with Crippen LogP contribution in [0.2, 0.25) is 0 Å². The van der Waals surface area contributed by atoms with E-state index in [4.69, 9.17) is 9.47 Å². The van der Waals surface area contributed by atoms with E-state index in [-0.39, 0.29) is 31.9 Å². The predicted molar refractivity (Wildman–Crippen MR) is 116 cm³/mol. The van der Waals surface area contributed by atoms with Crippen molar-refractivity contribution in [2.75, 3.05) is 38.7 Å². The summed E-state index contributed by atoms with van der Waals surface area (Å²) in [7, 11) is -2.84. The van der Waals surface area contributed by atoms with Crippen molar-refractivity contribution in [1.82, 2.24) is 4.31 Å². The highest BCUT2D eigenvalue weighted by molar-refractivity contribution is 7.89. The largest absolute Gasteiger partial charge is 0.465 e. The standard InChI is InChI=1S/C21H23FN2O6S2/c1-29-21(26)18-14-4-2-3-5-16(14)31-20(18)23-19(25)13-6-7-15(22)17(12-13)32(27,28)24-8-10-30-11-9-24/h6-7,12H,2-5,8-11H2,1H3,(H,23,25). The molecule has 1 saturated heterocycles. The molecule has 1 amide bonds. The van der Waals surface area contributed by atoms with E-state index in [9.17, 15) is 22.4 Å². The van der Waals surface area contributed by atoms with Gasteiger partial charge in [0.25, 0.3) is 5.91 Å². The van der Waals surface area contributed by atoms with Crippen molar-refractivity contribution in [2.24, 2.45) is 0 Å². The van der Waals surface area contributed by atoms with Gasteiger partial charge in [0.1, 0.15) is 15.7 Å². The maximum atomic E-state index is 14.5. The summed E-state index contributed by atoms with van der Waals surface area (Å²) >= 11 is 1.32. The number of esters is 1. The van der Waals surface area contributed by atoms with Crippen molar-refractivity contribution < 1.29 is 31.9 Å². The Bertz CT molecular complexity index is 1160. The van der Waals surface area contributed by atoms with Crippen LogP contribution in [0, 0.1) is 5.82 Å². The highest BCUT2D eigenvalue weighted by Crippen LogP contribution is 2.38. The van der Waals surface area contributed by atoms with Gasteiger partial charge in [-0.2, -0.15) is 4.31 Å². The number of thiophene rings is 1. The molecule has 0 saturated carbocycles. The van der Waals surface area contributed by atoms with Gasteiger partial charge in [0, 0.05) is 23.5 Å². The lowest BCUT2D eigenvalue weighted by Gasteiger charge is -2.26. The molecule has 1 N–H and O–H groups in total. The average Bonchev–Trinajstić information content (AvgIpc) is 3.17. The number of ether oxygens (including phenoxy) is 2. The van der Waals surface area contributed by atoms with Gasteiger partial charge in [-0.3, -0.25) is 4.79 Å². The second kappa shape index (κ2) is 9.26. The Morgan fingerprint density at radius 2 is 1.91 bits per heavy atom. The third-order valence-corrected chi connectivity index (χ3v) is 8.69. The number of amides is 1. The zero-order valence-electron chi connectivity index (χ0n) is 17.5. The quantitative estimate of drug-likeness (QED) is 0.658. The van der Waals surface area contributed by atoms with Gasteiger partial charge in [0.05, 0.1) is 25.9 Å². The van der Waals surface area contributed by atoms with E-state index in [1.165, 1.54) is 24.5 Å². The van der Waals surface area contributed by atoms with Gasteiger partial charge in [-0.15, -0.1) is 11.3 Å². The number of hydrogen-bond acceptors (Lipinski definition) is 7. The van der Waals surface area contributed by atoms with Crippen molar-refractivity contribution in [3.63, 3.8) is 0 Å². The highest BCUT2D eigenvalue weighted by atomic mass is 32.2. The normalized spacial score (nSPS) is 16.9. The van der Waals surface area contributed by atoms with Crippen LogP contribution in [0.1, 0.15) is 44.0 Å². The number of carbonyl (C=O) groups is 2. The molecule has 2 aromatic rings. The van der Waals surface area contributed by atoms with Crippen LogP contribution >= 0.6 is 11.3 Å². The highest BCUT2D eigenvalue weighted by Gasteiger charge is 2.31. The minimum Gasteiger partial charge on any atom is -0.465 e. The fraction of sp³-hybridized carbons (Fsp3) is 0.429. The van der Waals surface area contributed by atoms with E-state index < -0.39 is 32.6 Å². The molecule has 0 bridgehead atoms. The Kier molecular flexibility index (Phi) is 6.61. The van der Waals surface area contributed by atoms with Crippen LogP contribution in [0.3, 0.4) is 0 Å². The van der Waals surface area contributed by atoms with Gasteiger partial charge in [0.2, 0.25) is 10.0 Å². The summed E-state index contributed by atoms with van der Waals surface area (Å²) in [4.78, 5) is 25.8. The number of nitrogens with zero attached hydrogens (tertiary/aromatic N) is 1. The Hall–Kier alpha value is -2.34. The van der Waals surface area contributed by atoms with Gasteiger partial charge >= 0.3 is 5.97 Å². The van der Waals surface area contributed by atoms with Crippen LogP contribution in [-0.4, -0.2) is 58.0 Å². The van der Waals surface area contributed by atoms with E-state index in [0.717, 1.165) is 52.6 Å². The maximum Gasteiger partial charge on any atom is 0.341 e. The molecule has 0 unspecified atom stereocenters. The van der Waals surface area contributed by atoms with Crippen molar-refractivity contribution >= 4 is 38.2 Å². The number of sulfonamides is 1.